The number of allylic oxidation sites excluding steroid dienone is 3. The van der Waals surface area contributed by atoms with Crippen LogP contribution in [0.4, 0.5) is 0 Å². The molecule has 0 aliphatic heterocycles. The highest BCUT2D eigenvalue weighted by atomic mass is 16.3. The van der Waals surface area contributed by atoms with Gasteiger partial charge in [0.15, 0.2) is 0 Å². The van der Waals surface area contributed by atoms with E-state index < -0.39 is 17.8 Å². The summed E-state index contributed by atoms with van der Waals surface area (Å²) in [7, 11) is 0. The molecule has 0 heterocycles. The maximum absolute atomic E-state index is 11.0. The number of hydrogen-bond acceptors (Lipinski definition) is 3. The van der Waals surface area contributed by atoms with E-state index in [1.54, 1.807) is 5.57 Å². The van der Waals surface area contributed by atoms with Crippen LogP contribution in [0.15, 0.2) is 23.3 Å². The molecule has 0 radical (unpaired) electrons. The molecule has 0 aromatic rings. The summed E-state index contributed by atoms with van der Waals surface area (Å²) in [6, 6.07) is 0. The average Bonchev–Trinajstić information content (AvgIpc) is 2.99. The predicted molar refractivity (Wildman–Crippen MR) is 122 cm³/mol. The average molecular weight is 417 g/mol. The van der Waals surface area contributed by atoms with Crippen LogP contribution in [0.3, 0.4) is 0 Å². The van der Waals surface area contributed by atoms with Gasteiger partial charge in [0.05, 0.1) is 17.8 Å². The zero-order valence-corrected chi connectivity index (χ0v) is 19.8. The van der Waals surface area contributed by atoms with Crippen LogP contribution in [0.1, 0.15) is 92.4 Å². The van der Waals surface area contributed by atoms with Gasteiger partial charge in [0, 0.05) is 11.8 Å². The van der Waals surface area contributed by atoms with Crippen LogP contribution >= 0.6 is 0 Å². The van der Waals surface area contributed by atoms with E-state index in [1.165, 1.54) is 31.3 Å². The summed E-state index contributed by atoms with van der Waals surface area (Å²) in [5, 5.41) is 31.3. The molecule has 0 spiro atoms. The Labute approximate surface area is 183 Å². The molecule has 3 nitrogen and oxygen atoms in total. The molecule has 0 bridgehead atoms. The maximum atomic E-state index is 11.0. The summed E-state index contributed by atoms with van der Waals surface area (Å²) in [6.07, 6.45) is 13.2. The van der Waals surface area contributed by atoms with Gasteiger partial charge in [-0.2, -0.15) is 0 Å². The van der Waals surface area contributed by atoms with Gasteiger partial charge in [0.1, 0.15) is 0 Å². The zero-order chi connectivity index (χ0) is 21.9. The first-order valence-corrected chi connectivity index (χ1v) is 12.5. The number of hydrogen-bond donors (Lipinski definition) is 3. The lowest BCUT2D eigenvalue weighted by atomic mass is 9.49. The SMILES string of the molecule is CC(CCCC(C)(C)O)[C@H]1CC[C@H]2C3=CC=C4C[C@@H](O)C[C@H](O)[C@@]4(C)[C@H]3CC[C@@]12C. The first kappa shape index (κ1) is 22.6. The van der Waals surface area contributed by atoms with Crippen molar-refractivity contribution in [2.45, 2.75) is 110 Å². The molecule has 4 aliphatic rings. The Morgan fingerprint density at radius 3 is 2.53 bits per heavy atom. The maximum Gasteiger partial charge on any atom is 0.0661 e. The van der Waals surface area contributed by atoms with Crippen molar-refractivity contribution in [2.75, 3.05) is 0 Å². The van der Waals surface area contributed by atoms with E-state index in [9.17, 15) is 15.3 Å². The Morgan fingerprint density at radius 1 is 1.10 bits per heavy atom. The van der Waals surface area contributed by atoms with Gasteiger partial charge in [-0.1, -0.05) is 56.9 Å². The second kappa shape index (κ2) is 7.74. The third-order valence-electron chi connectivity index (χ3n) is 9.86. The summed E-state index contributed by atoms with van der Waals surface area (Å²) >= 11 is 0. The minimum atomic E-state index is -0.555. The lowest BCUT2D eigenvalue weighted by Crippen LogP contribution is -2.52. The van der Waals surface area contributed by atoms with Crippen LogP contribution < -0.4 is 0 Å². The molecule has 3 heteroatoms. The monoisotopic (exact) mass is 416 g/mol. The van der Waals surface area contributed by atoms with Crippen molar-refractivity contribution in [2.24, 2.45) is 34.5 Å². The van der Waals surface area contributed by atoms with Crippen LogP contribution in [-0.2, 0) is 0 Å². The molecule has 3 fully saturated rings. The quantitative estimate of drug-likeness (QED) is 0.563. The molecular weight excluding hydrogens is 372 g/mol. The van der Waals surface area contributed by atoms with Crippen molar-refractivity contribution in [3.8, 4) is 0 Å². The highest BCUT2D eigenvalue weighted by Crippen LogP contribution is 2.66. The molecule has 0 amide bonds. The highest BCUT2D eigenvalue weighted by Gasteiger charge is 2.58. The second-order valence-electron chi connectivity index (χ2n) is 12.3. The molecule has 4 rings (SSSR count). The Bertz CT molecular complexity index is 716. The van der Waals surface area contributed by atoms with E-state index in [0.29, 0.717) is 29.6 Å². The van der Waals surface area contributed by atoms with E-state index in [4.69, 9.17) is 0 Å². The van der Waals surface area contributed by atoms with Crippen molar-refractivity contribution < 1.29 is 15.3 Å². The Hall–Kier alpha value is -0.640. The molecular formula is C27H44O3. The smallest absolute Gasteiger partial charge is 0.0661 e. The van der Waals surface area contributed by atoms with E-state index >= 15 is 0 Å². The van der Waals surface area contributed by atoms with E-state index in [2.05, 4.69) is 32.9 Å². The normalized spacial score (nSPS) is 44.5. The van der Waals surface area contributed by atoms with Gasteiger partial charge in [-0.15, -0.1) is 0 Å². The fourth-order valence-corrected chi connectivity index (χ4v) is 8.08. The fraction of sp³-hybridized carbons (Fsp3) is 0.852. The van der Waals surface area contributed by atoms with Crippen molar-refractivity contribution >= 4 is 0 Å². The van der Waals surface area contributed by atoms with Crippen molar-refractivity contribution in [3.63, 3.8) is 0 Å². The molecule has 0 aromatic carbocycles. The first-order valence-electron chi connectivity index (χ1n) is 12.5. The molecule has 0 aromatic heterocycles. The van der Waals surface area contributed by atoms with Gasteiger partial charge in [0.2, 0.25) is 0 Å². The minimum Gasteiger partial charge on any atom is -0.393 e. The van der Waals surface area contributed by atoms with Gasteiger partial charge in [0.25, 0.3) is 0 Å². The number of aliphatic hydroxyl groups is 3. The number of aliphatic hydroxyl groups excluding tert-OH is 2. The summed E-state index contributed by atoms with van der Waals surface area (Å²) in [4.78, 5) is 0. The lowest BCUT2D eigenvalue weighted by molar-refractivity contribution is -0.0545. The molecule has 8 atom stereocenters. The molecule has 0 saturated heterocycles. The van der Waals surface area contributed by atoms with Crippen LogP contribution in [-0.4, -0.2) is 33.1 Å². The molecule has 1 unspecified atom stereocenters. The lowest BCUT2D eigenvalue weighted by Gasteiger charge is -2.56. The summed E-state index contributed by atoms with van der Waals surface area (Å²) in [5.74, 6) is 2.51. The van der Waals surface area contributed by atoms with Crippen LogP contribution in [0, 0.1) is 34.5 Å². The minimum absolute atomic E-state index is 0.193. The van der Waals surface area contributed by atoms with Crippen molar-refractivity contribution in [1.29, 1.82) is 0 Å². The standard InChI is InChI=1S/C27H44O3/c1-17(7-6-13-25(2,3)30)21-10-11-22-20-9-8-18-15-19(28)16-24(29)27(18,5)23(20)12-14-26(21,22)4/h8-9,17,19,21-24,28-30H,6-7,10-16H2,1-5H3/t17?,19-,21-,22+,23+,24+,26+,27-/m1/s1. The van der Waals surface area contributed by atoms with Crippen molar-refractivity contribution in [3.05, 3.63) is 23.3 Å². The van der Waals surface area contributed by atoms with Gasteiger partial charge >= 0.3 is 0 Å². The molecule has 30 heavy (non-hydrogen) atoms. The van der Waals surface area contributed by atoms with E-state index in [1.807, 2.05) is 13.8 Å². The van der Waals surface area contributed by atoms with Crippen molar-refractivity contribution in [1.82, 2.24) is 0 Å². The van der Waals surface area contributed by atoms with E-state index in [0.717, 1.165) is 31.6 Å². The Kier molecular flexibility index (Phi) is 5.82. The van der Waals surface area contributed by atoms with Gasteiger partial charge in [-0.05, 0) is 81.5 Å². The van der Waals surface area contributed by atoms with Gasteiger partial charge in [-0.3, -0.25) is 0 Å². The Balaban J connectivity index is 1.53. The van der Waals surface area contributed by atoms with Gasteiger partial charge in [-0.25, -0.2) is 0 Å². The number of rotatable bonds is 5. The third kappa shape index (κ3) is 3.63. The molecule has 170 valence electrons. The summed E-state index contributed by atoms with van der Waals surface area (Å²) in [6.45, 7) is 11.1. The summed E-state index contributed by atoms with van der Waals surface area (Å²) < 4.78 is 0. The van der Waals surface area contributed by atoms with E-state index in [-0.39, 0.29) is 5.41 Å². The topological polar surface area (TPSA) is 60.7 Å². The fourth-order valence-electron chi connectivity index (χ4n) is 8.08. The van der Waals surface area contributed by atoms with Crippen LogP contribution in [0.25, 0.3) is 0 Å². The number of fused-ring (bicyclic) bond motifs is 5. The van der Waals surface area contributed by atoms with Gasteiger partial charge < -0.3 is 15.3 Å². The zero-order valence-electron chi connectivity index (χ0n) is 19.8. The highest BCUT2D eigenvalue weighted by molar-refractivity contribution is 5.40. The third-order valence-corrected chi connectivity index (χ3v) is 9.86. The predicted octanol–water partition coefficient (Wildman–Crippen LogP) is 5.39. The molecule has 4 aliphatic carbocycles. The Morgan fingerprint density at radius 2 is 1.83 bits per heavy atom. The molecule has 3 saturated carbocycles. The van der Waals surface area contributed by atoms with Crippen LogP contribution in [0.2, 0.25) is 0 Å². The summed E-state index contributed by atoms with van der Waals surface area (Å²) in [5.41, 5.74) is 2.47. The van der Waals surface area contributed by atoms with Crippen LogP contribution in [0.5, 0.6) is 0 Å². The molecule has 3 N–H and O–H groups in total. The largest absolute Gasteiger partial charge is 0.393 e. The second-order valence-corrected chi connectivity index (χ2v) is 12.3. The first-order chi connectivity index (χ1) is 14.0.